The first-order valence-corrected chi connectivity index (χ1v) is 10.7. The molecule has 1 aromatic heterocycles. The number of amides is 2. The number of rotatable bonds is 4. The number of hydrogen-bond acceptors (Lipinski definition) is 4. The first-order valence-electron chi connectivity index (χ1n) is 9.49. The molecule has 0 saturated carbocycles. The fourth-order valence-electron chi connectivity index (χ4n) is 3.46. The van der Waals surface area contributed by atoms with Gasteiger partial charge in [-0.15, -0.1) is 0 Å². The summed E-state index contributed by atoms with van der Waals surface area (Å²) in [6.45, 7) is 2.17. The van der Waals surface area contributed by atoms with Crippen LogP contribution in [-0.2, 0) is 0 Å². The Labute approximate surface area is 174 Å². The molecule has 0 spiro atoms. The zero-order valence-electron chi connectivity index (χ0n) is 16.2. The van der Waals surface area contributed by atoms with Crippen LogP contribution in [0, 0.1) is 0 Å². The fourth-order valence-corrected chi connectivity index (χ4v) is 3.99. The first-order chi connectivity index (χ1) is 14.2. The Bertz CT molecular complexity index is 993. The molecule has 1 fully saturated rings. The molecular weight excluding hydrogens is 384 g/mol. The lowest BCUT2D eigenvalue weighted by molar-refractivity contribution is 0.0535. The van der Waals surface area contributed by atoms with Crippen molar-refractivity contribution < 1.29 is 9.59 Å². The van der Waals surface area contributed by atoms with Gasteiger partial charge in [-0.1, -0.05) is 30.0 Å². The molecule has 0 radical (unpaired) electrons. The van der Waals surface area contributed by atoms with Crippen molar-refractivity contribution in [1.82, 2.24) is 19.4 Å². The molecule has 4 rings (SSSR count). The number of carbonyl (C=O) groups excluding carboxylic acids is 2. The maximum atomic E-state index is 12.9. The molecule has 0 atom stereocenters. The van der Waals surface area contributed by atoms with Gasteiger partial charge in [-0.05, 0) is 42.7 Å². The van der Waals surface area contributed by atoms with Crippen LogP contribution in [0.3, 0.4) is 0 Å². The van der Waals surface area contributed by atoms with Gasteiger partial charge in [0.2, 0.25) is 0 Å². The molecule has 148 valence electrons. The number of piperazine rings is 1. The van der Waals surface area contributed by atoms with E-state index in [9.17, 15) is 9.59 Å². The maximum absolute atomic E-state index is 12.9. The second-order valence-electron chi connectivity index (χ2n) is 6.78. The van der Waals surface area contributed by atoms with Crippen molar-refractivity contribution in [2.75, 3.05) is 32.4 Å². The van der Waals surface area contributed by atoms with Gasteiger partial charge in [0.05, 0.1) is 0 Å². The van der Waals surface area contributed by atoms with E-state index >= 15 is 0 Å². The van der Waals surface area contributed by atoms with Crippen LogP contribution >= 0.6 is 11.8 Å². The summed E-state index contributed by atoms with van der Waals surface area (Å²) < 4.78 is 1.99. The Morgan fingerprint density at radius 3 is 1.93 bits per heavy atom. The van der Waals surface area contributed by atoms with E-state index in [0.29, 0.717) is 37.3 Å². The molecule has 7 heteroatoms. The van der Waals surface area contributed by atoms with E-state index in [1.807, 2.05) is 81.4 Å². The van der Waals surface area contributed by atoms with Gasteiger partial charge in [0.15, 0.2) is 5.16 Å². The van der Waals surface area contributed by atoms with Crippen LogP contribution in [0.2, 0.25) is 0 Å². The topological polar surface area (TPSA) is 58.4 Å². The van der Waals surface area contributed by atoms with Crippen molar-refractivity contribution in [3.8, 4) is 5.69 Å². The Kier molecular flexibility index (Phi) is 5.67. The summed E-state index contributed by atoms with van der Waals surface area (Å²) >= 11 is 1.58. The molecule has 0 N–H and O–H groups in total. The molecule has 29 heavy (non-hydrogen) atoms. The van der Waals surface area contributed by atoms with Crippen molar-refractivity contribution >= 4 is 23.6 Å². The van der Waals surface area contributed by atoms with Crippen LogP contribution in [0.15, 0.2) is 72.1 Å². The largest absolute Gasteiger partial charge is 0.335 e. The van der Waals surface area contributed by atoms with Gasteiger partial charge in [-0.3, -0.25) is 14.2 Å². The van der Waals surface area contributed by atoms with Gasteiger partial charge >= 0.3 is 0 Å². The molecule has 0 unspecified atom stereocenters. The third-order valence-electron chi connectivity index (χ3n) is 5.06. The highest BCUT2D eigenvalue weighted by Gasteiger charge is 2.25. The summed E-state index contributed by atoms with van der Waals surface area (Å²) in [4.78, 5) is 33.4. The smallest absolute Gasteiger partial charge is 0.253 e. The van der Waals surface area contributed by atoms with Crippen molar-refractivity contribution in [3.63, 3.8) is 0 Å². The molecule has 2 heterocycles. The van der Waals surface area contributed by atoms with Crippen molar-refractivity contribution in [2.24, 2.45) is 0 Å². The molecule has 0 aliphatic carbocycles. The predicted molar refractivity (Wildman–Crippen MR) is 114 cm³/mol. The van der Waals surface area contributed by atoms with Crippen molar-refractivity contribution in [2.45, 2.75) is 5.16 Å². The van der Waals surface area contributed by atoms with E-state index in [1.54, 1.807) is 18.0 Å². The van der Waals surface area contributed by atoms with Gasteiger partial charge in [-0.2, -0.15) is 0 Å². The summed E-state index contributed by atoms with van der Waals surface area (Å²) in [6, 6.07) is 16.8. The summed E-state index contributed by atoms with van der Waals surface area (Å²) in [5.41, 5.74) is 2.32. The van der Waals surface area contributed by atoms with Gasteiger partial charge in [0.1, 0.15) is 0 Å². The van der Waals surface area contributed by atoms with Gasteiger partial charge in [0.25, 0.3) is 11.8 Å². The average molecular weight is 407 g/mol. The molecular formula is C22H22N4O2S. The number of benzene rings is 2. The Balaban J connectivity index is 1.39. The highest BCUT2D eigenvalue weighted by molar-refractivity contribution is 7.98. The van der Waals surface area contributed by atoms with Gasteiger partial charge in [-0.25, -0.2) is 4.98 Å². The lowest BCUT2D eigenvalue weighted by Gasteiger charge is -2.35. The highest BCUT2D eigenvalue weighted by Crippen LogP contribution is 2.19. The number of carbonyl (C=O) groups is 2. The minimum absolute atomic E-state index is 0.000851. The van der Waals surface area contributed by atoms with Crippen LogP contribution in [0.5, 0.6) is 0 Å². The predicted octanol–water partition coefficient (Wildman–Crippen LogP) is 3.19. The van der Waals surface area contributed by atoms with E-state index in [4.69, 9.17) is 0 Å². The number of hydrogen-bond donors (Lipinski definition) is 0. The molecule has 1 aliphatic heterocycles. The fraction of sp³-hybridized carbons (Fsp3) is 0.227. The molecule has 1 aliphatic rings. The monoisotopic (exact) mass is 406 g/mol. The van der Waals surface area contributed by atoms with Gasteiger partial charge in [0, 0.05) is 55.4 Å². The minimum Gasteiger partial charge on any atom is -0.335 e. The summed E-state index contributed by atoms with van der Waals surface area (Å²) in [6.07, 6.45) is 5.66. The lowest BCUT2D eigenvalue weighted by Crippen LogP contribution is -2.50. The SMILES string of the molecule is CSc1nccn1-c1ccc(C(=O)N2CCN(C(=O)c3ccccc3)CC2)cc1. The van der Waals surface area contributed by atoms with Crippen LogP contribution < -0.4 is 0 Å². The van der Waals surface area contributed by atoms with E-state index in [0.717, 1.165) is 10.8 Å². The van der Waals surface area contributed by atoms with Crippen LogP contribution in [0.25, 0.3) is 5.69 Å². The van der Waals surface area contributed by atoms with E-state index in [-0.39, 0.29) is 11.8 Å². The molecule has 6 nitrogen and oxygen atoms in total. The number of nitrogens with zero attached hydrogens (tertiary/aromatic N) is 4. The third-order valence-corrected chi connectivity index (χ3v) is 5.72. The van der Waals surface area contributed by atoms with Crippen LogP contribution in [-0.4, -0.2) is 63.6 Å². The summed E-state index contributed by atoms with van der Waals surface area (Å²) in [5, 5.41) is 0.906. The van der Waals surface area contributed by atoms with Crippen molar-refractivity contribution in [1.29, 1.82) is 0 Å². The first kappa shape index (κ1) is 19.3. The number of imidazole rings is 1. The quantitative estimate of drug-likeness (QED) is 0.625. The zero-order valence-corrected chi connectivity index (χ0v) is 17.0. The summed E-state index contributed by atoms with van der Waals surface area (Å²) in [7, 11) is 0. The normalized spacial score (nSPS) is 14.1. The maximum Gasteiger partial charge on any atom is 0.253 e. The number of thioether (sulfide) groups is 1. The second-order valence-corrected chi connectivity index (χ2v) is 7.55. The van der Waals surface area contributed by atoms with E-state index in [1.165, 1.54) is 0 Å². The molecule has 3 aromatic rings. The van der Waals surface area contributed by atoms with Gasteiger partial charge < -0.3 is 9.80 Å². The van der Waals surface area contributed by atoms with E-state index < -0.39 is 0 Å². The second kappa shape index (κ2) is 8.53. The number of aromatic nitrogens is 2. The Morgan fingerprint density at radius 1 is 0.828 bits per heavy atom. The van der Waals surface area contributed by atoms with Crippen LogP contribution in [0.1, 0.15) is 20.7 Å². The Morgan fingerprint density at radius 2 is 1.38 bits per heavy atom. The zero-order chi connectivity index (χ0) is 20.2. The third kappa shape index (κ3) is 4.05. The lowest BCUT2D eigenvalue weighted by atomic mass is 10.1. The molecule has 0 bridgehead atoms. The van der Waals surface area contributed by atoms with Crippen LogP contribution in [0.4, 0.5) is 0 Å². The highest BCUT2D eigenvalue weighted by atomic mass is 32.2. The molecule has 2 amide bonds. The molecule has 1 saturated heterocycles. The molecule has 2 aromatic carbocycles. The average Bonchev–Trinajstić information content (AvgIpc) is 3.28. The Hall–Kier alpha value is -3.06. The standard InChI is InChI=1S/C22H22N4O2S/c1-29-22-23-11-12-26(22)19-9-7-18(8-10-19)21(28)25-15-13-24(14-16-25)20(27)17-5-3-2-4-6-17/h2-12H,13-16H2,1H3. The van der Waals surface area contributed by atoms with Crippen molar-refractivity contribution in [3.05, 3.63) is 78.1 Å². The minimum atomic E-state index is -0.000851. The summed E-state index contributed by atoms with van der Waals surface area (Å²) in [5.74, 6) is 0.0195. The van der Waals surface area contributed by atoms with E-state index in [2.05, 4.69) is 4.98 Å².